The Morgan fingerprint density at radius 1 is 0.900 bits per heavy atom. The van der Waals surface area contributed by atoms with Crippen LogP contribution in [0.4, 0.5) is 13.2 Å². The van der Waals surface area contributed by atoms with Crippen LogP contribution < -0.4 is 5.73 Å². The van der Waals surface area contributed by atoms with Gasteiger partial charge in [-0.1, -0.05) is 18.2 Å². The molecule has 1 fully saturated rings. The Morgan fingerprint density at radius 2 is 1.53 bits per heavy atom. The quantitative estimate of drug-likeness (QED) is 0.755. The van der Waals surface area contributed by atoms with Gasteiger partial charge in [-0.25, -0.2) is 18.2 Å². The minimum absolute atomic E-state index is 0.0951. The Hall–Kier alpha value is -2.87. The van der Waals surface area contributed by atoms with Crippen molar-refractivity contribution in [3.05, 3.63) is 71.0 Å². The SMILES string of the molecule is NC(CC(=O)N1CCCCCN1C(=O)c1ccccc1)Cc1cc(F)c(F)cc1F. The summed E-state index contributed by atoms with van der Waals surface area (Å²) in [6.45, 7) is 0.788. The van der Waals surface area contributed by atoms with Crippen LogP contribution in [0, 0.1) is 17.5 Å². The Kier molecular flexibility index (Phi) is 7.10. The van der Waals surface area contributed by atoms with Gasteiger partial charge in [0, 0.05) is 37.2 Å². The summed E-state index contributed by atoms with van der Waals surface area (Å²) in [6.07, 6.45) is 2.12. The Balaban J connectivity index is 1.71. The summed E-state index contributed by atoms with van der Waals surface area (Å²) in [7, 11) is 0. The monoisotopic (exact) mass is 419 g/mol. The van der Waals surface area contributed by atoms with Crippen molar-refractivity contribution in [1.82, 2.24) is 10.0 Å². The lowest BCUT2D eigenvalue weighted by atomic mass is 10.0. The molecule has 1 unspecified atom stereocenters. The maximum atomic E-state index is 13.9. The number of carbonyl (C=O) groups excluding carboxylic acids is 2. The highest BCUT2D eigenvalue weighted by Crippen LogP contribution is 2.19. The Labute approximate surface area is 173 Å². The topological polar surface area (TPSA) is 66.6 Å². The second kappa shape index (κ2) is 9.75. The van der Waals surface area contributed by atoms with Crippen LogP contribution in [0.25, 0.3) is 0 Å². The van der Waals surface area contributed by atoms with Crippen LogP contribution in [-0.4, -0.2) is 41.0 Å². The molecule has 5 nitrogen and oxygen atoms in total. The van der Waals surface area contributed by atoms with Crippen molar-refractivity contribution < 1.29 is 22.8 Å². The molecule has 0 aromatic heterocycles. The van der Waals surface area contributed by atoms with Gasteiger partial charge in [0.15, 0.2) is 11.6 Å². The van der Waals surface area contributed by atoms with Crippen LogP contribution in [0.2, 0.25) is 0 Å². The number of rotatable bonds is 5. The molecule has 1 aliphatic rings. The van der Waals surface area contributed by atoms with E-state index in [4.69, 9.17) is 5.73 Å². The van der Waals surface area contributed by atoms with Crippen molar-refractivity contribution in [2.24, 2.45) is 5.73 Å². The zero-order valence-electron chi connectivity index (χ0n) is 16.5. The third kappa shape index (κ3) is 5.18. The van der Waals surface area contributed by atoms with Crippen LogP contribution in [0.3, 0.4) is 0 Å². The van der Waals surface area contributed by atoms with E-state index in [0.29, 0.717) is 24.7 Å². The first-order valence-corrected chi connectivity index (χ1v) is 9.93. The van der Waals surface area contributed by atoms with Gasteiger partial charge >= 0.3 is 0 Å². The average Bonchev–Trinajstić information content (AvgIpc) is 2.98. The normalized spacial score (nSPS) is 15.6. The summed E-state index contributed by atoms with van der Waals surface area (Å²) >= 11 is 0. The summed E-state index contributed by atoms with van der Waals surface area (Å²) in [6, 6.07) is 9.10. The Morgan fingerprint density at radius 3 is 2.23 bits per heavy atom. The predicted molar refractivity (Wildman–Crippen MR) is 106 cm³/mol. The molecule has 3 rings (SSSR count). The van der Waals surface area contributed by atoms with E-state index >= 15 is 0 Å². The molecular weight excluding hydrogens is 395 g/mol. The van der Waals surface area contributed by atoms with Crippen LogP contribution in [0.1, 0.15) is 41.6 Å². The van der Waals surface area contributed by atoms with E-state index in [9.17, 15) is 22.8 Å². The third-order valence-electron chi connectivity index (χ3n) is 5.08. The number of hydrogen-bond donors (Lipinski definition) is 1. The maximum Gasteiger partial charge on any atom is 0.272 e. The van der Waals surface area contributed by atoms with Crippen molar-refractivity contribution in [2.45, 2.75) is 38.1 Å². The van der Waals surface area contributed by atoms with Gasteiger partial charge in [-0.15, -0.1) is 0 Å². The minimum Gasteiger partial charge on any atom is -0.327 e. The van der Waals surface area contributed by atoms with Gasteiger partial charge in [0.05, 0.1) is 0 Å². The highest BCUT2D eigenvalue weighted by atomic mass is 19.2. The molecular formula is C22H24F3N3O2. The second-order valence-electron chi connectivity index (χ2n) is 7.40. The van der Waals surface area contributed by atoms with E-state index in [-0.39, 0.29) is 30.2 Å². The first kappa shape index (κ1) is 21.8. The number of hydrogen-bond acceptors (Lipinski definition) is 3. The molecule has 2 amide bonds. The third-order valence-corrected chi connectivity index (χ3v) is 5.08. The molecule has 1 aliphatic heterocycles. The molecule has 30 heavy (non-hydrogen) atoms. The van der Waals surface area contributed by atoms with E-state index in [1.54, 1.807) is 30.3 Å². The number of nitrogens with zero attached hydrogens (tertiary/aromatic N) is 2. The van der Waals surface area contributed by atoms with Crippen molar-refractivity contribution in [3.8, 4) is 0 Å². The molecule has 8 heteroatoms. The van der Waals surface area contributed by atoms with Crippen molar-refractivity contribution in [3.63, 3.8) is 0 Å². The molecule has 1 saturated heterocycles. The highest BCUT2D eigenvalue weighted by Gasteiger charge is 2.29. The highest BCUT2D eigenvalue weighted by molar-refractivity contribution is 5.95. The van der Waals surface area contributed by atoms with Crippen LogP contribution in [0.5, 0.6) is 0 Å². The smallest absolute Gasteiger partial charge is 0.272 e. The van der Waals surface area contributed by atoms with Crippen molar-refractivity contribution in [1.29, 1.82) is 0 Å². The lowest BCUT2D eigenvalue weighted by Crippen LogP contribution is -2.50. The number of halogens is 3. The first-order chi connectivity index (χ1) is 14.4. The zero-order valence-corrected chi connectivity index (χ0v) is 16.5. The van der Waals surface area contributed by atoms with E-state index < -0.39 is 23.5 Å². The molecule has 1 atom stereocenters. The number of amides is 2. The van der Waals surface area contributed by atoms with Crippen molar-refractivity contribution >= 4 is 11.8 Å². The standard InChI is InChI=1S/C22H24F3N3O2/c23-18-14-20(25)19(24)12-16(18)11-17(26)13-21(29)27-9-5-2-6-10-28(27)22(30)15-7-3-1-4-8-15/h1,3-4,7-8,12,14,17H,2,5-6,9-11,13,26H2. The fourth-order valence-electron chi connectivity index (χ4n) is 3.55. The van der Waals surface area contributed by atoms with Gasteiger partial charge in [0.2, 0.25) is 5.91 Å². The molecule has 0 saturated carbocycles. The number of nitrogens with two attached hydrogens (primary N) is 1. The summed E-state index contributed by atoms with van der Waals surface area (Å²) < 4.78 is 40.4. The molecule has 0 spiro atoms. The van der Waals surface area contributed by atoms with Gasteiger partial charge in [0.25, 0.3) is 5.91 Å². The number of benzene rings is 2. The maximum absolute atomic E-state index is 13.9. The van der Waals surface area contributed by atoms with E-state index in [2.05, 4.69) is 0 Å². The first-order valence-electron chi connectivity index (χ1n) is 9.93. The van der Waals surface area contributed by atoms with Gasteiger partial charge in [-0.3, -0.25) is 14.6 Å². The van der Waals surface area contributed by atoms with Crippen LogP contribution in [-0.2, 0) is 11.2 Å². The number of carbonyl (C=O) groups is 2. The summed E-state index contributed by atoms with van der Waals surface area (Å²) in [5.74, 6) is -3.99. The molecule has 2 aromatic rings. The van der Waals surface area contributed by atoms with Gasteiger partial charge in [-0.2, -0.15) is 0 Å². The molecule has 2 aromatic carbocycles. The molecule has 2 N–H and O–H groups in total. The predicted octanol–water partition coefficient (Wildman–Crippen LogP) is 3.43. The van der Waals surface area contributed by atoms with Crippen LogP contribution >= 0.6 is 0 Å². The van der Waals surface area contributed by atoms with Gasteiger partial charge in [-0.05, 0) is 49.4 Å². The lowest BCUT2D eigenvalue weighted by Gasteiger charge is -2.34. The van der Waals surface area contributed by atoms with Crippen LogP contribution in [0.15, 0.2) is 42.5 Å². The van der Waals surface area contributed by atoms with Gasteiger partial charge in [0.1, 0.15) is 5.82 Å². The summed E-state index contributed by atoms with van der Waals surface area (Å²) in [4.78, 5) is 25.9. The van der Waals surface area contributed by atoms with Crippen molar-refractivity contribution in [2.75, 3.05) is 13.1 Å². The zero-order chi connectivity index (χ0) is 21.7. The average molecular weight is 419 g/mol. The van der Waals surface area contributed by atoms with E-state index in [1.165, 1.54) is 10.0 Å². The van der Waals surface area contributed by atoms with E-state index in [0.717, 1.165) is 25.3 Å². The molecule has 1 heterocycles. The van der Waals surface area contributed by atoms with E-state index in [1.807, 2.05) is 0 Å². The fourth-order valence-corrected chi connectivity index (χ4v) is 3.55. The minimum atomic E-state index is -1.28. The molecule has 160 valence electrons. The van der Waals surface area contributed by atoms with Gasteiger partial charge < -0.3 is 5.73 Å². The lowest BCUT2D eigenvalue weighted by molar-refractivity contribution is -0.144. The largest absolute Gasteiger partial charge is 0.327 e. The fraction of sp³-hybridized carbons (Fsp3) is 0.364. The summed E-state index contributed by atoms with van der Waals surface area (Å²) in [5.41, 5.74) is 6.39. The Bertz CT molecular complexity index is 908. The second-order valence-corrected chi connectivity index (χ2v) is 7.40. The number of hydrazine groups is 1. The molecule has 0 radical (unpaired) electrons. The molecule has 0 bridgehead atoms. The summed E-state index contributed by atoms with van der Waals surface area (Å²) in [5, 5.41) is 2.85. The molecule has 0 aliphatic carbocycles.